The van der Waals surface area contributed by atoms with Crippen LogP contribution in [0.25, 0.3) is 0 Å². The zero-order valence-electron chi connectivity index (χ0n) is 16.7. The van der Waals surface area contributed by atoms with Gasteiger partial charge in [0.1, 0.15) is 0 Å². The van der Waals surface area contributed by atoms with Crippen LogP contribution in [0.3, 0.4) is 0 Å². The lowest BCUT2D eigenvalue weighted by atomic mass is 9.95. The Bertz CT molecular complexity index is 1150. The molecule has 8 heteroatoms. The third kappa shape index (κ3) is 4.37. The number of nitrogens with one attached hydrogen (secondary N) is 1. The highest BCUT2D eigenvalue weighted by Crippen LogP contribution is 2.32. The molecule has 1 atom stereocenters. The van der Waals surface area contributed by atoms with Gasteiger partial charge in [-0.15, -0.1) is 0 Å². The van der Waals surface area contributed by atoms with Gasteiger partial charge < -0.3 is 9.88 Å². The summed E-state index contributed by atoms with van der Waals surface area (Å²) in [6.07, 6.45) is 5.22. The highest BCUT2D eigenvalue weighted by Gasteiger charge is 2.33. The lowest BCUT2D eigenvalue weighted by molar-refractivity contribution is 0.305. The van der Waals surface area contributed by atoms with Crippen molar-refractivity contribution in [2.24, 2.45) is 0 Å². The number of benzene rings is 2. The van der Waals surface area contributed by atoms with E-state index in [4.69, 9.17) is 0 Å². The van der Waals surface area contributed by atoms with Gasteiger partial charge in [0.15, 0.2) is 0 Å². The van der Waals surface area contributed by atoms with Gasteiger partial charge in [-0.2, -0.15) is 9.57 Å². The molecule has 4 rings (SSSR count). The third-order valence-electron chi connectivity index (χ3n) is 5.37. The summed E-state index contributed by atoms with van der Waals surface area (Å²) < 4.78 is 27.0. The Kier molecular flexibility index (Phi) is 5.57. The lowest BCUT2D eigenvalue weighted by Crippen LogP contribution is -2.50. The van der Waals surface area contributed by atoms with Crippen LogP contribution in [0.15, 0.2) is 61.1 Å². The molecule has 0 radical (unpaired) electrons. The van der Waals surface area contributed by atoms with E-state index < -0.39 is 10.0 Å². The van der Waals surface area contributed by atoms with Crippen LogP contribution in [0, 0.1) is 11.3 Å². The number of hydrogen-bond acceptors (Lipinski definition) is 5. The molecule has 1 aromatic heterocycles. The molecule has 2 aromatic carbocycles. The molecule has 0 saturated carbocycles. The molecule has 0 aliphatic carbocycles. The number of nitrogens with zero attached hydrogens (tertiary/aromatic N) is 4. The zero-order chi connectivity index (χ0) is 21.1. The summed E-state index contributed by atoms with van der Waals surface area (Å²) >= 11 is 0. The van der Waals surface area contributed by atoms with Crippen LogP contribution in [-0.4, -0.2) is 41.5 Å². The Balaban J connectivity index is 1.70. The van der Waals surface area contributed by atoms with Gasteiger partial charge in [0, 0.05) is 31.0 Å². The monoisotopic (exact) mass is 421 g/mol. The third-order valence-corrected chi connectivity index (χ3v) is 6.65. The molecule has 1 N–H and O–H groups in total. The molecule has 0 saturated heterocycles. The molecule has 7 nitrogen and oxygen atoms in total. The molecule has 1 unspecified atom stereocenters. The van der Waals surface area contributed by atoms with E-state index in [-0.39, 0.29) is 6.04 Å². The number of H-pyrrole nitrogens is 1. The Labute approximate surface area is 176 Å². The minimum absolute atomic E-state index is 0.246. The maximum absolute atomic E-state index is 12.7. The summed E-state index contributed by atoms with van der Waals surface area (Å²) in [5.74, 6) is 0. The van der Waals surface area contributed by atoms with Gasteiger partial charge in [-0.1, -0.05) is 30.3 Å². The first-order chi connectivity index (χ1) is 14.4. The van der Waals surface area contributed by atoms with E-state index in [9.17, 15) is 13.7 Å². The van der Waals surface area contributed by atoms with E-state index in [2.05, 4.69) is 20.9 Å². The number of aromatic nitrogens is 2. The van der Waals surface area contributed by atoms with Gasteiger partial charge in [-0.3, -0.25) is 0 Å². The van der Waals surface area contributed by atoms with Crippen LogP contribution < -0.4 is 4.90 Å². The Hall–Kier alpha value is -3.15. The molecular weight excluding hydrogens is 398 g/mol. The predicted molar refractivity (Wildman–Crippen MR) is 115 cm³/mol. The van der Waals surface area contributed by atoms with Crippen molar-refractivity contribution in [3.8, 4) is 6.07 Å². The summed E-state index contributed by atoms with van der Waals surface area (Å²) in [5.41, 5.74) is 4.46. The smallest absolute Gasteiger partial charge is 0.211 e. The molecule has 154 valence electrons. The van der Waals surface area contributed by atoms with E-state index in [0.717, 1.165) is 22.5 Å². The SMILES string of the molecule is CS(=O)(=O)N(Cc1ccccc1)C1Cc2cc(C#N)ccc2N(Cc2cnc[nH]2)C1. The van der Waals surface area contributed by atoms with Crippen molar-refractivity contribution in [1.29, 1.82) is 5.26 Å². The average molecular weight is 422 g/mol. The van der Waals surface area contributed by atoms with Crippen LogP contribution in [0.4, 0.5) is 5.69 Å². The Morgan fingerprint density at radius 3 is 2.73 bits per heavy atom. The molecule has 2 heterocycles. The fourth-order valence-electron chi connectivity index (χ4n) is 4.00. The van der Waals surface area contributed by atoms with E-state index in [1.165, 1.54) is 6.26 Å². The molecule has 30 heavy (non-hydrogen) atoms. The fourth-order valence-corrected chi connectivity index (χ4v) is 5.06. The van der Waals surface area contributed by atoms with Crippen LogP contribution in [0.2, 0.25) is 0 Å². The van der Waals surface area contributed by atoms with Crippen molar-refractivity contribution >= 4 is 15.7 Å². The molecule has 1 aliphatic heterocycles. The second-order valence-electron chi connectivity index (χ2n) is 7.56. The van der Waals surface area contributed by atoms with E-state index in [0.29, 0.717) is 31.6 Å². The zero-order valence-corrected chi connectivity index (χ0v) is 17.5. The Morgan fingerprint density at radius 2 is 2.07 bits per heavy atom. The normalized spacial score (nSPS) is 16.3. The second kappa shape index (κ2) is 8.30. The summed E-state index contributed by atoms with van der Waals surface area (Å²) in [7, 11) is -3.44. The number of sulfonamides is 1. The number of aromatic amines is 1. The largest absolute Gasteiger partial charge is 0.364 e. The first kappa shape index (κ1) is 20.1. The standard InChI is InChI=1S/C22H23N5O2S/c1-30(28,29)27(13-17-5-3-2-4-6-17)21-10-19-9-18(11-23)7-8-22(19)26(15-21)14-20-12-24-16-25-20/h2-9,12,16,21H,10,13-15H2,1H3,(H,24,25). The van der Waals surface area contributed by atoms with Gasteiger partial charge in [0.05, 0.1) is 36.5 Å². The molecule has 0 amide bonds. The molecule has 3 aromatic rings. The van der Waals surface area contributed by atoms with Crippen molar-refractivity contribution in [1.82, 2.24) is 14.3 Å². The number of hydrogen-bond donors (Lipinski definition) is 1. The molecule has 1 aliphatic rings. The number of anilines is 1. The lowest BCUT2D eigenvalue weighted by Gasteiger charge is -2.40. The summed E-state index contributed by atoms with van der Waals surface area (Å²) in [6.45, 7) is 1.45. The van der Waals surface area contributed by atoms with Gasteiger partial charge in [0.25, 0.3) is 0 Å². The quantitative estimate of drug-likeness (QED) is 0.661. The topological polar surface area (TPSA) is 93.1 Å². The highest BCUT2D eigenvalue weighted by atomic mass is 32.2. The Morgan fingerprint density at radius 1 is 1.27 bits per heavy atom. The van der Waals surface area contributed by atoms with Crippen molar-refractivity contribution in [3.63, 3.8) is 0 Å². The highest BCUT2D eigenvalue weighted by molar-refractivity contribution is 7.88. The first-order valence-electron chi connectivity index (χ1n) is 9.70. The number of imidazole rings is 1. The van der Waals surface area contributed by atoms with Crippen LogP contribution in [0.1, 0.15) is 22.4 Å². The van der Waals surface area contributed by atoms with Gasteiger partial charge in [-0.05, 0) is 35.7 Å². The molecular formula is C22H23N5O2S. The minimum Gasteiger partial charge on any atom is -0.364 e. The summed E-state index contributed by atoms with van der Waals surface area (Å²) in [6, 6.07) is 17.2. The van der Waals surface area contributed by atoms with E-state index in [1.807, 2.05) is 42.5 Å². The predicted octanol–water partition coefficient (Wildman–Crippen LogP) is 2.67. The van der Waals surface area contributed by atoms with Crippen molar-refractivity contribution in [3.05, 3.63) is 83.4 Å². The number of fused-ring (bicyclic) bond motifs is 1. The van der Waals surface area contributed by atoms with Gasteiger partial charge >= 0.3 is 0 Å². The van der Waals surface area contributed by atoms with Crippen LogP contribution in [0.5, 0.6) is 0 Å². The van der Waals surface area contributed by atoms with Gasteiger partial charge in [-0.25, -0.2) is 13.4 Å². The summed E-state index contributed by atoms with van der Waals surface area (Å²) in [5, 5.41) is 9.33. The maximum Gasteiger partial charge on any atom is 0.211 e. The van der Waals surface area contributed by atoms with Crippen molar-refractivity contribution in [2.45, 2.75) is 25.6 Å². The second-order valence-corrected chi connectivity index (χ2v) is 9.50. The summed E-state index contributed by atoms with van der Waals surface area (Å²) in [4.78, 5) is 9.36. The van der Waals surface area contributed by atoms with Crippen LogP contribution >= 0.6 is 0 Å². The van der Waals surface area contributed by atoms with Crippen LogP contribution in [-0.2, 0) is 29.5 Å². The average Bonchev–Trinajstić information content (AvgIpc) is 3.24. The number of rotatable bonds is 6. The van der Waals surface area contributed by atoms with E-state index in [1.54, 1.807) is 22.9 Å². The molecule has 0 spiro atoms. The minimum atomic E-state index is -3.44. The van der Waals surface area contributed by atoms with Crippen molar-refractivity contribution < 1.29 is 8.42 Å². The number of nitriles is 1. The maximum atomic E-state index is 12.7. The first-order valence-corrected chi connectivity index (χ1v) is 11.5. The van der Waals surface area contributed by atoms with E-state index >= 15 is 0 Å². The van der Waals surface area contributed by atoms with Crippen molar-refractivity contribution in [2.75, 3.05) is 17.7 Å². The fraction of sp³-hybridized carbons (Fsp3) is 0.273. The molecule has 0 bridgehead atoms. The van der Waals surface area contributed by atoms with Gasteiger partial charge in [0.2, 0.25) is 10.0 Å². The molecule has 0 fully saturated rings.